The summed E-state index contributed by atoms with van der Waals surface area (Å²) in [6, 6.07) is 6.87. The largest absolute Gasteiger partial charge is 0.497 e. The number of methoxy groups -OCH3 is 1. The van der Waals surface area contributed by atoms with Gasteiger partial charge in [0, 0.05) is 5.92 Å². The van der Waals surface area contributed by atoms with E-state index in [-0.39, 0.29) is 23.8 Å². The lowest BCUT2D eigenvalue weighted by Gasteiger charge is -2.26. The molecule has 0 radical (unpaired) electrons. The molecular weight excluding hydrogens is 256 g/mol. The van der Waals surface area contributed by atoms with Crippen molar-refractivity contribution in [3.63, 3.8) is 0 Å². The van der Waals surface area contributed by atoms with Gasteiger partial charge < -0.3 is 9.47 Å². The molecule has 0 aromatic heterocycles. The molecule has 0 aliphatic heterocycles. The highest BCUT2D eigenvalue weighted by molar-refractivity contribution is 5.89. The van der Waals surface area contributed by atoms with Crippen molar-refractivity contribution in [1.29, 1.82) is 0 Å². The van der Waals surface area contributed by atoms with Gasteiger partial charge in [-0.25, -0.2) is 4.79 Å². The van der Waals surface area contributed by atoms with E-state index in [0.717, 1.165) is 25.7 Å². The van der Waals surface area contributed by atoms with Gasteiger partial charge in [0.25, 0.3) is 0 Å². The van der Waals surface area contributed by atoms with E-state index in [1.807, 2.05) is 0 Å². The van der Waals surface area contributed by atoms with Crippen LogP contribution in [0, 0.1) is 5.92 Å². The van der Waals surface area contributed by atoms with Gasteiger partial charge >= 0.3 is 5.97 Å². The van der Waals surface area contributed by atoms with Gasteiger partial charge in [0.1, 0.15) is 17.6 Å². The monoisotopic (exact) mass is 276 g/mol. The Hall–Kier alpha value is -1.84. The summed E-state index contributed by atoms with van der Waals surface area (Å²) in [4.78, 5) is 23.3. The lowest BCUT2D eigenvalue weighted by Crippen LogP contribution is -2.27. The van der Waals surface area contributed by atoms with Crippen LogP contribution in [0.5, 0.6) is 5.75 Å². The third-order valence-corrected chi connectivity index (χ3v) is 3.85. The van der Waals surface area contributed by atoms with E-state index < -0.39 is 0 Å². The van der Waals surface area contributed by atoms with Crippen LogP contribution < -0.4 is 4.74 Å². The van der Waals surface area contributed by atoms with Crippen LogP contribution in [0.2, 0.25) is 0 Å². The van der Waals surface area contributed by atoms with Crippen molar-refractivity contribution >= 4 is 11.8 Å². The Balaban J connectivity index is 1.87. The Labute approximate surface area is 119 Å². The van der Waals surface area contributed by atoms with Gasteiger partial charge in [-0.05, 0) is 56.9 Å². The normalized spacial score (nSPS) is 22.1. The van der Waals surface area contributed by atoms with Crippen molar-refractivity contribution < 1.29 is 19.1 Å². The SMILES string of the molecule is COc1ccc(C(=O)OC2CCC(C(C)=O)CC2)cc1. The zero-order valence-corrected chi connectivity index (χ0v) is 11.9. The lowest BCUT2D eigenvalue weighted by molar-refractivity contribution is -0.122. The van der Waals surface area contributed by atoms with Crippen molar-refractivity contribution in [2.24, 2.45) is 5.92 Å². The van der Waals surface area contributed by atoms with Gasteiger partial charge in [0.05, 0.1) is 12.7 Å². The number of benzene rings is 1. The molecule has 0 atom stereocenters. The summed E-state index contributed by atoms with van der Waals surface area (Å²) >= 11 is 0. The van der Waals surface area contributed by atoms with E-state index in [0.29, 0.717) is 11.3 Å². The second-order valence-electron chi connectivity index (χ2n) is 5.22. The minimum absolute atomic E-state index is 0.0693. The summed E-state index contributed by atoms with van der Waals surface area (Å²) < 4.78 is 10.5. The van der Waals surface area contributed by atoms with E-state index in [9.17, 15) is 9.59 Å². The van der Waals surface area contributed by atoms with E-state index in [1.165, 1.54) is 0 Å². The average Bonchev–Trinajstić information content (AvgIpc) is 2.48. The van der Waals surface area contributed by atoms with Crippen LogP contribution in [0.25, 0.3) is 0 Å². The Bertz CT molecular complexity index is 470. The van der Waals surface area contributed by atoms with Gasteiger partial charge in [-0.1, -0.05) is 0 Å². The van der Waals surface area contributed by atoms with Crippen molar-refractivity contribution in [1.82, 2.24) is 0 Å². The van der Waals surface area contributed by atoms with Gasteiger partial charge in [-0.3, -0.25) is 4.79 Å². The van der Waals surface area contributed by atoms with Crippen molar-refractivity contribution in [3.8, 4) is 5.75 Å². The number of hydrogen-bond acceptors (Lipinski definition) is 4. The summed E-state index contributed by atoms with van der Waals surface area (Å²) in [6.45, 7) is 1.63. The fourth-order valence-corrected chi connectivity index (χ4v) is 2.53. The molecule has 4 heteroatoms. The molecule has 0 spiro atoms. The van der Waals surface area contributed by atoms with Crippen LogP contribution in [-0.4, -0.2) is 25.0 Å². The maximum Gasteiger partial charge on any atom is 0.338 e. The summed E-state index contributed by atoms with van der Waals surface area (Å²) in [6.07, 6.45) is 3.10. The molecule has 4 nitrogen and oxygen atoms in total. The lowest BCUT2D eigenvalue weighted by atomic mass is 9.85. The van der Waals surface area contributed by atoms with Crippen molar-refractivity contribution in [3.05, 3.63) is 29.8 Å². The zero-order chi connectivity index (χ0) is 14.5. The molecule has 2 rings (SSSR count). The second kappa shape index (κ2) is 6.55. The third-order valence-electron chi connectivity index (χ3n) is 3.85. The molecule has 0 N–H and O–H groups in total. The predicted molar refractivity (Wildman–Crippen MR) is 74.8 cm³/mol. The van der Waals surface area contributed by atoms with Crippen LogP contribution in [0.1, 0.15) is 43.0 Å². The maximum atomic E-state index is 12.0. The second-order valence-corrected chi connectivity index (χ2v) is 5.22. The van der Waals surface area contributed by atoms with E-state index in [1.54, 1.807) is 38.3 Å². The maximum absolute atomic E-state index is 12.0. The smallest absolute Gasteiger partial charge is 0.338 e. The molecule has 1 aromatic rings. The third kappa shape index (κ3) is 3.59. The van der Waals surface area contributed by atoms with Crippen molar-refractivity contribution in [2.75, 3.05) is 7.11 Å². The molecule has 0 heterocycles. The minimum atomic E-state index is -0.307. The zero-order valence-electron chi connectivity index (χ0n) is 11.9. The Kier molecular flexibility index (Phi) is 4.77. The number of esters is 1. The van der Waals surface area contributed by atoms with Crippen molar-refractivity contribution in [2.45, 2.75) is 38.7 Å². The van der Waals surface area contributed by atoms with Gasteiger partial charge in [-0.2, -0.15) is 0 Å². The number of hydrogen-bond donors (Lipinski definition) is 0. The first-order chi connectivity index (χ1) is 9.60. The average molecular weight is 276 g/mol. The molecule has 20 heavy (non-hydrogen) atoms. The number of ether oxygens (including phenoxy) is 2. The summed E-state index contributed by atoms with van der Waals surface area (Å²) in [5.74, 6) is 0.790. The van der Waals surface area contributed by atoms with Gasteiger partial charge in [-0.15, -0.1) is 0 Å². The highest BCUT2D eigenvalue weighted by Gasteiger charge is 2.26. The molecule has 1 aromatic carbocycles. The molecule has 1 fully saturated rings. The quantitative estimate of drug-likeness (QED) is 0.793. The van der Waals surface area contributed by atoms with Crippen LogP contribution in [0.4, 0.5) is 0 Å². The van der Waals surface area contributed by atoms with Crippen LogP contribution in [0.3, 0.4) is 0 Å². The Morgan fingerprint density at radius 2 is 1.65 bits per heavy atom. The molecule has 1 aliphatic rings. The first kappa shape index (κ1) is 14.6. The summed E-state index contributed by atoms with van der Waals surface area (Å²) in [5.41, 5.74) is 0.527. The molecule has 1 saturated carbocycles. The summed E-state index contributed by atoms with van der Waals surface area (Å²) in [5, 5.41) is 0. The molecule has 1 aliphatic carbocycles. The van der Waals surface area contributed by atoms with E-state index in [4.69, 9.17) is 9.47 Å². The summed E-state index contributed by atoms with van der Waals surface area (Å²) in [7, 11) is 1.58. The Morgan fingerprint density at radius 1 is 1.05 bits per heavy atom. The minimum Gasteiger partial charge on any atom is -0.497 e. The van der Waals surface area contributed by atoms with Crippen LogP contribution in [0.15, 0.2) is 24.3 Å². The molecule has 0 bridgehead atoms. The molecule has 108 valence electrons. The topological polar surface area (TPSA) is 52.6 Å². The fraction of sp³-hybridized carbons (Fsp3) is 0.500. The van der Waals surface area contributed by atoms with Crippen LogP contribution in [-0.2, 0) is 9.53 Å². The molecule has 0 amide bonds. The Morgan fingerprint density at radius 3 is 2.15 bits per heavy atom. The number of carbonyl (C=O) groups is 2. The number of rotatable bonds is 4. The number of Topliss-reactive ketones (excluding diaryl/α,β-unsaturated/α-hetero) is 1. The molecule has 0 saturated heterocycles. The first-order valence-corrected chi connectivity index (χ1v) is 6.95. The highest BCUT2D eigenvalue weighted by atomic mass is 16.5. The fourth-order valence-electron chi connectivity index (χ4n) is 2.53. The van der Waals surface area contributed by atoms with Gasteiger partial charge in [0.15, 0.2) is 0 Å². The number of ketones is 1. The van der Waals surface area contributed by atoms with E-state index >= 15 is 0 Å². The van der Waals surface area contributed by atoms with Crippen LogP contribution >= 0.6 is 0 Å². The predicted octanol–water partition coefficient (Wildman–Crippen LogP) is 3.00. The van der Waals surface area contributed by atoms with E-state index in [2.05, 4.69) is 0 Å². The van der Waals surface area contributed by atoms with Gasteiger partial charge in [0.2, 0.25) is 0 Å². The number of carbonyl (C=O) groups excluding carboxylic acids is 2. The standard InChI is InChI=1S/C16H20O4/c1-11(17)12-3-9-15(10-4-12)20-16(18)13-5-7-14(19-2)8-6-13/h5-8,12,15H,3-4,9-10H2,1-2H3. The first-order valence-electron chi connectivity index (χ1n) is 6.95. The highest BCUT2D eigenvalue weighted by Crippen LogP contribution is 2.27. The molecule has 0 unspecified atom stereocenters. The molecular formula is C16H20O4.